The molecule has 0 spiro atoms. The van der Waals surface area contributed by atoms with Crippen LogP contribution in [0.1, 0.15) is 6.92 Å². The van der Waals surface area contributed by atoms with E-state index in [1.165, 1.54) is 30.9 Å². The highest BCUT2D eigenvalue weighted by Crippen LogP contribution is 2.46. The largest absolute Gasteiger partial charge is 0.425 e. The number of aliphatic hydroxyl groups is 1. The van der Waals surface area contributed by atoms with Crippen LogP contribution in [0.2, 0.25) is 0 Å². The highest BCUT2D eigenvalue weighted by molar-refractivity contribution is 7.53. The predicted octanol–water partition coefficient (Wildman–Crippen LogP) is 2.44. The molecule has 1 aliphatic heterocycles. The monoisotopic (exact) mass is 561 g/mol. The third-order valence-electron chi connectivity index (χ3n) is 6.58. The number of hydrogen-bond acceptors (Lipinski definition) is 9. The first kappa shape index (κ1) is 28.4. The average molecular weight is 562 g/mol. The van der Waals surface area contributed by atoms with Gasteiger partial charge in [0.1, 0.15) is 18.0 Å². The summed E-state index contributed by atoms with van der Waals surface area (Å²) in [5, 5.41) is 13.3. The van der Waals surface area contributed by atoms with Gasteiger partial charge in [-0.25, -0.2) is 8.96 Å². The number of rotatable bonds is 9. The summed E-state index contributed by atoms with van der Waals surface area (Å²) in [4.78, 5) is 36.1. The Bertz CT molecular complexity index is 1560. The molecule has 13 heteroatoms. The molecule has 4 rings (SSSR count). The van der Waals surface area contributed by atoms with Gasteiger partial charge in [-0.1, -0.05) is 12.1 Å². The van der Waals surface area contributed by atoms with E-state index in [-0.39, 0.29) is 17.6 Å². The maximum atomic E-state index is 15.3. The van der Waals surface area contributed by atoms with Crippen molar-refractivity contribution in [2.75, 3.05) is 20.3 Å². The number of ether oxygens (including phenoxy) is 1. The second kappa shape index (κ2) is 10.9. The van der Waals surface area contributed by atoms with Crippen LogP contribution in [0.4, 0.5) is 4.39 Å². The van der Waals surface area contributed by atoms with Crippen LogP contribution in [0, 0.1) is 0 Å². The number of carbonyl (C=O) groups excluding carboxylic acids is 2. The Hall–Kier alpha value is -3.57. The van der Waals surface area contributed by atoms with E-state index in [4.69, 9.17) is 13.8 Å². The zero-order valence-electron chi connectivity index (χ0n) is 21.7. The zero-order chi connectivity index (χ0) is 28.5. The quantitative estimate of drug-likeness (QED) is 0.175. The molecular formula is C26H29FN3O8P. The Morgan fingerprint density at radius 3 is 2.69 bits per heavy atom. The molecule has 3 aromatic rings. The Kier molecular flexibility index (Phi) is 7.94. The van der Waals surface area contributed by atoms with Gasteiger partial charge < -0.3 is 23.8 Å². The van der Waals surface area contributed by atoms with Gasteiger partial charge in [-0.2, -0.15) is 0 Å². The van der Waals surface area contributed by atoms with Crippen molar-refractivity contribution in [2.24, 2.45) is 7.05 Å². The smallest absolute Gasteiger partial charge is 0.376 e. The molecule has 11 nitrogen and oxygen atoms in total. The summed E-state index contributed by atoms with van der Waals surface area (Å²) in [6.07, 6.45) is -1.78. The first-order valence-electron chi connectivity index (χ1n) is 12.0. The molecule has 2 amide bonds. The van der Waals surface area contributed by atoms with E-state index in [9.17, 15) is 24.1 Å². The van der Waals surface area contributed by atoms with Gasteiger partial charge in [-0.15, -0.1) is 0 Å². The summed E-state index contributed by atoms with van der Waals surface area (Å²) in [6, 6.07) is 11.9. The number of benzene rings is 2. The Morgan fingerprint density at radius 2 is 1.97 bits per heavy atom. The molecule has 0 bridgehead atoms. The standard InChI is InChI=1S/C26H29FN3O8P/c1-26(27)24(34)21(37-25(26)29(2)12-11-22(32)28-15-31)14-36-39(4,35)38-16-9-10-20-18(13-16)23(33)17-7-5-6-8-19(17)30(20)3/h5-13,15,21,24-25,34H,14H2,1-4H3,(H,28,31,32)/b12-11-/t21?,24-,25?,26-,39?/m1/s1. The SMILES string of the molecule is CN(/C=C\C(=O)NC=O)C1OC(COP(C)(=O)Oc2ccc3c(c2)c(=O)c2ccccc2n3C)[C@@H](O)[C@@]1(C)F. The number of fused-ring (bicyclic) bond motifs is 2. The van der Waals surface area contributed by atoms with Crippen molar-refractivity contribution in [1.82, 2.24) is 14.8 Å². The molecule has 0 saturated carbocycles. The molecule has 1 fully saturated rings. The van der Waals surface area contributed by atoms with Crippen LogP contribution in [0.15, 0.2) is 59.5 Å². The lowest BCUT2D eigenvalue weighted by Gasteiger charge is -2.30. The van der Waals surface area contributed by atoms with Gasteiger partial charge >= 0.3 is 7.60 Å². The number of carbonyl (C=O) groups is 2. The van der Waals surface area contributed by atoms with Crippen molar-refractivity contribution >= 4 is 41.7 Å². The highest BCUT2D eigenvalue weighted by atomic mass is 31.2. The van der Waals surface area contributed by atoms with Crippen LogP contribution < -0.4 is 15.3 Å². The van der Waals surface area contributed by atoms with Crippen molar-refractivity contribution in [3.63, 3.8) is 0 Å². The maximum absolute atomic E-state index is 15.3. The lowest BCUT2D eigenvalue weighted by molar-refractivity contribution is -0.121. The second-order valence-electron chi connectivity index (χ2n) is 9.47. The fraction of sp³-hybridized carbons (Fsp3) is 0.346. The van der Waals surface area contributed by atoms with Crippen molar-refractivity contribution in [2.45, 2.75) is 31.0 Å². The van der Waals surface area contributed by atoms with Crippen LogP contribution in [-0.2, 0) is 30.5 Å². The minimum absolute atomic E-state index is 0.139. The summed E-state index contributed by atoms with van der Waals surface area (Å²) < 4.78 is 47.0. The van der Waals surface area contributed by atoms with E-state index in [1.54, 1.807) is 24.3 Å². The molecular weight excluding hydrogens is 532 g/mol. The van der Waals surface area contributed by atoms with Crippen molar-refractivity contribution in [3.05, 3.63) is 65.0 Å². The van der Waals surface area contributed by atoms with E-state index >= 15 is 4.39 Å². The first-order valence-corrected chi connectivity index (χ1v) is 13.9. The molecule has 1 saturated heterocycles. The highest BCUT2D eigenvalue weighted by Gasteiger charge is 2.55. The molecule has 2 aromatic carbocycles. The van der Waals surface area contributed by atoms with E-state index < -0.39 is 44.2 Å². The Morgan fingerprint density at radius 1 is 1.28 bits per heavy atom. The number of imide groups is 1. The number of alkyl halides is 1. The van der Waals surface area contributed by atoms with Crippen molar-refractivity contribution in [1.29, 1.82) is 0 Å². The van der Waals surface area contributed by atoms with Crippen LogP contribution in [0.3, 0.4) is 0 Å². The average Bonchev–Trinajstić information content (AvgIpc) is 3.12. The topological polar surface area (TPSA) is 136 Å². The number of hydrogen-bond donors (Lipinski definition) is 2. The van der Waals surface area contributed by atoms with Gasteiger partial charge in [0.05, 0.1) is 17.6 Å². The van der Waals surface area contributed by atoms with E-state index in [0.29, 0.717) is 16.3 Å². The molecule has 0 aliphatic carbocycles. The number of aromatic nitrogens is 1. The first-order chi connectivity index (χ1) is 18.4. The Labute approximate surface area is 223 Å². The Balaban J connectivity index is 1.47. The van der Waals surface area contributed by atoms with Gasteiger partial charge in [0.15, 0.2) is 17.3 Å². The maximum Gasteiger partial charge on any atom is 0.376 e. The number of amides is 2. The molecule has 2 N–H and O–H groups in total. The zero-order valence-corrected chi connectivity index (χ0v) is 22.6. The summed E-state index contributed by atoms with van der Waals surface area (Å²) >= 11 is 0. The summed E-state index contributed by atoms with van der Waals surface area (Å²) in [6.45, 7) is 1.87. The second-order valence-corrected chi connectivity index (χ2v) is 11.5. The van der Waals surface area contributed by atoms with Gasteiger partial charge in [-0.3, -0.25) is 24.2 Å². The summed E-state index contributed by atoms with van der Waals surface area (Å²) in [5.74, 6) is -0.583. The number of nitrogens with one attached hydrogen (secondary N) is 1. The number of halogens is 1. The lowest BCUT2D eigenvalue weighted by Crippen LogP contribution is -2.47. The number of aliphatic hydroxyl groups excluding tert-OH is 1. The van der Waals surface area contributed by atoms with E-state index in [1.807, 2.05) is 29.1 Å². The van der Waals surface area contributed by atoms with E-state index in [0.717, 1.165) is 18.5 Å². The summed E-state index contributed by atoms with van der Waals surface area (Å²) in [5.41, 5.74) is -1.05. The number of para-hydroxylation sites is 1. The van der Waals surface area contributed by atoms with Gasteiger partial charge in [0, 0.05) is 43.8 Å². The lowest BCUT2D eigenvalue weighted by atomic mass is 9.98. The van der Waals surface area contributed by atoms with Crippen LogP contribution in [0.5, 0.6) is 5.75 Å². The number of aryl methyl sites for hydroxylation is 1. The molecule has 5 atom stereocenters. The molecule has 0 radical (unpaired) electrons. The third-order valence-corrected chi connectivity index (χ3v) is 7.74. The molecule has 3 unspecified atom stereocenters. The molecule has 1 aromatic heterocycles. The van der Waals surface area contributed by atoms with Gasteiger partial charge in [-0.05, 0) is 37.3 Å². The van der Waals surface area contributed by atoms with Crippen LogP contribution >= 0.6 is 7.60 Å². The summed E-state index contributed by atoms with van der Waals surface area (Å²) in [7, 11) is -0.543. The molecule has 1 aliphatic rings. The normalized spacial score (nSPS) is 24.6. The van der Waals surface area contributed by atoms with Crippen molar-refractivity contribution in [3.8, 4) is 5.75 Å². The van der Waals surface area contributed by atoms with E-state index in [2.05, 4.69) is 0 Å². The van der Waals surface area contributed by atoms with Crippen LogP contribution in [0.25, 0.3) is 21.8 Å². The number of pyridine rings is 1. The fourth-order valence-electron chi connectivity index (χ4n) is 4.58. The molecule has 39 heavy (non-hydrogen) atoms. The van der Waals surface area contributed by atoms with Crippen LogP contribution in [-0.4, -0.2) is 71.3 Å². The fourth-order valence-corrected chi connectivity index (χ4v) is 5.55. The third kappa shape index (κ3) is 5.74. The van der Waals surface area contributed by atoms with Gasteiger partial charge in [0.25, 0.3) is 5.91 Å². The minimum atomic E-state index is -3.80. The predicted molar refractivity (Wildman–Crippen MR) is 142 cm³/mol. The molecule has 208 valence electrons. The number of nitrogens with zero attached hydrogens (tertiary/aromatic N) is 2. The van der Waals surface area contributed by atoms with Crippen molar-refractivity contribution < 1.29 is 37.4 Å². The minimum Gasteiger partial charge on any atom is -0.425 e. The van der Waals surface area contributed by atoms with Gasteiger partial charge in [0.2, 0.25) is 6.41 Å². The molecule has 2 heterocycles.